The summed E-state index contributed by atoms with van der Waals surface area (Å²) < 4.78 is 0.680. The van der Waals surface area contributed by atoms with Gasteiger partial charge in [0.15, 0.2) is 0 Å². The third-order valence-electron chi connectivity index (χ3n) is 2.17. The number of hydrogen-bond acceptors (Lipinski definition) is 2. The summed E-state index contributed by atoms with van der Waals surface area (Å²) in [7, 11) is 0. The Morgan fingerprint density at radius 1 is 1.27 bits per heavy atom. The average Bonchev–Trinajstić information content (AvgIpc) is 2.62. The Hall–Kier alpha value is -0.640. The fourth-order valence-corrected chi connectivity index (χ4v) is 3.06. The highest BCUT2D eigenvalue weighted by Crippen LogP contribution is 2.32. The van der Waals surface area contributed by atoms with Crippen molar-refractivity contribution in [2.45, 2.75) is 6.92 Å². The summed E-state index contributed by atoms with van der Waals surface area (Å²) in [5.41, 5.74) is 2.44. The Morgan fingerprint density at radius 3 is 2.47 bits per heavy atom. The van der Waals surface area contributed by atoms with E-state index in [1.54, 1.807) is 11.3 Å². The molecule has 1 aromatic heterocycles. The first-order chi connectivity index (χ1) is 7.18. The monoisotopic (exact) mass is 250 g/mol. The van der Waals surface area contributed by atoms with E-state index in [9.17, 15) is 0 Å². The summed E-state index contributed by atoms with van der Waals surface area (Å²) >= 11 is 11.0. The van der Waals surface area contributed by atoms with Crippen LogP contribution in [-0.2, 0) is 0 Å². The molecule has 0 saturated heterocycles. The molecule has 2 rings (SSSR count). The summed E-state index contributed by atoms with van der Waals surface area (Å²) in [4.78, 5) is 2.35. The van der Waals surface area contributed by atoms with Gasteiger partial charge in [0, 0.05) is 4.88 Å². The Bertz CT molecular complexity index is 483. The minimum absolute atomic E-state index is 0.680. The molecule has 0 aliphatic rings. The molecule has 2 aromatic rings. The van der Waals surface area contributed by atoms with Crippen molar-refractivity contribution in [3.63, 3.8) is 0 Å². The van der Waals surface area contributed by atoms with Crippen molar-refractivity contribution < 1.29 is 0 Å². The molecule has 1 heterocycles. The van der Waals surface area contributed by atoms with Gasteiger partial charge in [-0.05, 0) is 24.1 Å². The number of thiocarbonyl (C=S) groups is 1. The highest BCUT2D eigenvalue weighted by Gasteiger charge is 2.08. The van der Waals surface area contributed by atoms with E-state index < -0.39 is 0 Å². The molecule has 3 heteroatoms. The number of thiol groups is 1. The molecule has 0 radical (unpaired) electrons. The van der Waals surface area contributed by atoms with Gasteiger partial charge in [0.1, 0.15) is 0 Å². The van der Waals surface area contributed by atoms with Crippen LogP contribution in [0.15, 0.2) is 36.4 Å². The Kier molecular flexibility index (Phi) is 3.24. The van der Waals surface area contributed by atoms with Crippen LogP contribution in [0.2, 0.25) is 0 Å². The highest BCUT2D eigenvalue weighted by molar-refractivity contribution is 8.12. The number of rotatable bonds is 2. The zero-order valence-corrected chi connectivity index (χ0v) is 10.8. The molecule has 0 nitrogen and oxygen atoms in total. The van der Waals surface area contributed by atoms with E-state index in [1.807, 2.05) is 18.2 Å². The standard InChI is InChI=1S/C12H10S3/c1-8-7-10(15-11(8)12(13)14)9-5-3-2-4-6-9/h2-7H,1H3,(H,13,14). The van der Waals surface area contributed by atoms with Gasteiger partial charge in [-0.25, -0.2) is 0 Å². The van der Waals surface area contributed by atoms with Crippen LogP contribution in [0, 0.1) is 6.92 Å². The van der Waals surface area contributed by atoms with E-state index in [1.165, 1.54) is 16.0 Å². The molecule has 0 amide bonds. The number of hydrogen-bond donors (Lipinski definition) is 1. The second kappa shape index (κ2) is 4.47. The molecule has 0 unspecified atom stereocenters. The Balaban J connectivity index is 2.48. The third-order valence-corrected chi connectivity index (χ3v) is 4.18. The van der Waals surface area contributed by atoms with Gasteiger partial charge in [0.05, 0.1) is 9.07 Å². The van der Waals surface area contributed by atoms with Crippen LogP contribution in [0.5, 0.6) is 0 Å². The molecular weight excluding hydrogens is 240 g/mol. The van der Waals surface area contributed by atoms with Crippen LogP contribution >= 0.6 is 36.2 Å². The normalized spacial score (nSPS) is 10.3. The molecule has 76 valence electrons. The van der Waals surface area contributed by atoms with Crippen molar-refractivity contribution in [3.8, 4) is 10.4 Å². The Morgan fingerprint density at radius 2 is 1.93 bits per heavy atom. The molecule has 0 aliphatic heterocycles. The van der Waals surface area contributed by atoms with Crippen molar-refractivity contribution in [1.82, 2.24) is 0 Å². The van der Waals surface area contributed by atoms with Crippen LogP contribution < -0.4 is 0 Å². The fraction of sp³-hybridized carbons (Fsp3) is 0.0833. The van der Waals surface area contributed by atoms with E-state index in [0.717, 1.165) is 4.88 Å². The van der Waals surface area contributed by atoms with Crippen LogP contribution in [0.3, 0.4) is 0 Å². The summed E-state index contributed by atoms with van der Waals surface area (Å²) in [6.45, 7) is 2.07. The topological polar surface area (TPSA) is 0 Å². The zero-order chi connectivity index (χ0) is 10.8. The molecule has 0 bridgehead atoms. The fourth-order valence-electron chi connectivity index (χ4n) is 1.44. The Labute approximate surface area is 104 Å². The second-order valence-corrected chi connectivity index (χ2v) is 5.50. The van der Waals surface area contributed by atoms with Crippen molar-refractivity contribution in [2.75, 3.05) is 0 Å². The van der Waals surface area contributed by atoms with Crippen molar-refractivity contribution >= 4 is 40.4 Å². The number of aryl methyl sites for hydroxylation is 1. The molecule has 0 atom stereocenters. The SMILES string of the molecule is Cc1cc(-c2ccccc2)sc1C(=S)S. The van der Waals surface area contributed by atoms with Gasteiger partial charge < -0.3 is 0 Å². The first kappa shape index (κ1) is 10.9. The summed E-state index contributed by atoms with van der Waals surface area (Å²) in [6, 6.07) is 12.5. The maximum Gasteiger partial charge on any atom is 0.0850 e. The number of benzene rings is 1. The van der Waals surface area contributed by atoms with E-state index in [-0.39, 0.29) is 0 Å². The van der Waals surface area contributed by atoms with Gasteiger partial charge in [-0.3, -0.25) is 0 Å². The minimum Gasteiger partial charge on any atom is -0.134 e. The third kappa shape index (κ3) is 2.30. The predicted octanol–water partition coefficient (Wildman–Crippen LogP) is 4.33. The van der Waals surface area contributed by atoms with Gasteiger partial charge in [-0.2, -0.15) is 0 Å². The van der Waals surface area contributed by atoms with Crippen molar-refractivity contribution in [1.29, 1.82) is 0 Å². The maximum absolute atomic E-state index is 5.09. The zero-order valence-electron chi connectivity index (χ0n) is 8.23. The summed E-state index contributed by atoms with van der Waals surface area (Å²) in [5, 5.41) is 0. The highest BCUT2D eigenvalue weighted by atomic mass is 32.1. The number of thiophene rings is 1. The molecule has 15 heavy (non-hydrogen) atoms. The average molecular weight is 250 g/mol. The van der Waals surface area contributed by atoms with Gasteiger partial charge >= 0.3 is 0 Å². The van der Waals surface area contributed by atoms with Gasteiger partial charge in [0.25, 0.3) is 0 Å². The largest absolute Gasteiger partial charge is 0.134 e. The van der Waals surface area contributed by atoms with E-state index in [2.05, 4.69) is 37.8 Å². The van der Waals surface area contributed by atoms with Gasteiger partial charge in [0.2, 0.25) is 0 Å². The molecule has 0 spiro atoms. The molecule has 0 fully saturated rings. The van der Waals surface area contributed by atoms with E-state index in [4.69, 9.17) is 12.2 Å². The van der Waals surface area contributed by atoms with Crippen molar-refractivity contribution in [3.05, 3.63) is 46.8 Å². The van der Waals surface area contributed by atoms with Crippen LogP contribution in [0.4, 0.5) is 0 Å². The smallest absolute Gasteiger partial charge is 0.0850 e. The summed E-state index contributed by atoms with van der Waals surface area (Å²) in [6.07, 6.45) is 0. The van der Waals surface area contributed by atoms with Gasteiger partial charge in [-0.15, -0.1) is 24.0 Å². The predicted molar refractivity (Wildman–Crippen MR) is 75.2 cm³/mol. The molecule has 0 saturated carbocycles. The van der Waals surface area contributed by atoms with Crippen molar-refractivity contribution in [2.24, 2.45) is 0 Å². The minimum atomic E-state index is 0.680. The second-order valence-electron chi connectivity index (χ2n) is 3.29. The summed E-state index contributed by atoms with van der Waals surface area (Å²) in [5.74, 6) is 0. The lowest BCUT2D eigenvalue weighted by atomic mass is 10.1. The lowest BCUT2D eigenvalue weighted by Crippen LogP contribution is -1.82. The molecular formula is C12H10S3. The first-order valence-corrected chi connectivity index (χ1v) is 6.25. The van der Waals surface area contributed by atoms with Gasteiger partial charge in [-0.1, -0.05) is 42.5 Å². The maximum atomic E-state index is 5.09. The quantitative estimate of drug-likeness (QED) is 0.611. The first-order valence-electron chi connectivity index (χ1n) is 4.57. The molecule has 1 aromatic carbocycles. The van der Waals surface area contributed by atoms with Crippen LogP contribution in [0.1, 0.15) is 10.4 Å². The lowest BCUT2D eigenvalue weighted by molar-refractivity contribution is 1.54. The van der Waals surface area contributed by atoms with E-state index >= 15 is 0 Å². The molecule has 0 aliphatic carbocycles. The van der Waals surface area contributed by atoms with E-state index in [0.29, 0.717) is 4.20 Å². The molecule has 0 N–H and O–H groups in total. The lowest BCUT2D eigenvalue weighted by Gasteiger charge is -1.94. The van der Waals surface area contributed by atoms with Crippen LogP contribution in [-0.4, -0.2) is 4.20 Å². The van der Waals surface area contributed by atoms with Crippen LogP contribution in [0.25, 0.3) is 10.4 Å².